The lowest BCUT2D eigenvalue weighted by molar-refractivity contribution is 0.627. The van der Waals surface area contributed by atoms with Gasteiger partial charge in [0.2, 0.25) is 0 Å². The number of nitrogens with two attached hydrogens (primary N) is 1. The third-order valence-corrected chi connectivity index (χ3v) is 3.93. The molecule has 1 heterocycles. The molecule has 2 aromatic carbocycles. The van der Waals surface area contributed by atoms with Crippen molar-refractivity contribution < 1.29 is 4.39 Å². The predicted molar refractivity (Wildman–Crippen MR) is 86.1 cm³/mol. The average molecular weight is 367 g/mol. The van der Waals surface area contributed by atoms with E-state index in [2.05, 4.69) is 21.0 Å². The van der Waals surface area contributed by atoms with E-state index in [-0.39, 0.29) is 5.02 Å². The SMILES string of the molecule is Nc1c(-c2ccc(Br)cc2)cnn1-c1ccc(F)c(Cl)c1. The topological polar surface area (TPSA) is 43.8 Å². The minimum Gasteiger partial charge on any atom is -0.383 e. The minimum atomic E-state index is -0.473. The van der Waals surface area contributed by atoms with Gasteiger partial charge in [-0.2, -0.15) is 5.10 Å². The Morgan fingerprint density at radius 2 is 1.86 bits per heavy atom. The van der Waals surface area contributed by atoms with Crippen molar-refractivity contribution >= 4 is 33.3 Å². The highest BCUT2D eigenvalue weighted by molar-refractivity contribution is 9.10. The molecule has 0 amide bonds. The zero-order valence-corrected chi connectivity index (χ0v) is 13.1. The Kier molecular flexibility index (Phi) is 3.69. The van der Waals surface area contributed by atoms with Gasteiger partial charge < -0.3 is 5.73 Å². The fourth-order valence-corrected chi connectivity index (χ4v) is 2.47. The van der Waals surface area contributed by atoms with E-state index in [0.29, 0.717) is 11.5 Å². The highest BCUT2D eigenvalue weighted by atomic mass is 79.9. The lowest BCUT2D eigenvalue weighted by atomic mass is 10.1. The highest BCUT2D eigenvalue weighted by Gasteiger charge is 2.12. The van der Waals surface area contributed by atoms with Crippen molar-refractivity contribution in [2.24, 2.45) is 0 Å². The van der Waals surface area contributed by atoms with Gasteiger partial charge in [-0.1, -0.05) is 39.7 Å². The Morgan fingerprint density at radius 1 is 1.14 bits per heavy atom. The number of anilines is 1. The van der Waals surface area contributed by atoms with Crippen LogP contribution in [0.5, 0.6) is 0 Å². The van der Waals surface area contributed by atoms with Crippen molar-refractivity contribution in [3.63, 3.8) is 0 Å². The van der Waals surface area contributed by atoms with E-state index < -0.39 is 5.82 Å². The molecule has 6 heteroatoms. The Balaban J connectivity index is 2.06. The lowest BCUT2D eigenvalue weighted by Crippen LogP contribution is -2.02. The molecule has 0 saturated heterocycles. The molecule has 0 unspecified atom stereocenters. The van der Waals surface area contributed by atoms with Crippen molar-refractivity contribution in [2.45, 2.75) is 0 Å². The minimum absolute atomic E-state index is 0.0348. The van der Waals surface area contributed by atoms with E-state index in [4.69, 9.17) is 17.3 Å². The molecule has 3 nitrogen and oxygen atoms in total. The molecular weight excluding hydrogens is 357 g/mol. The molecule has 2 N–H and O–H groups in total. The summed E-state index contributed by atoms with van der Waals surface area (Å²) in [6, 6.07) is 12.1. The number of nitrogen functional groups attached to an aromatic ring is 1. The molecule has 0 spiro atoms. The molecule has 0 radical (unpaired) electrons. The largest absolute Gasteiger partial charge is 0.383 e. The molecule has 3 rings (SSSR count). The van der Waals surface area contributed by atoms with Crippen molar-refractivity contribution in [2.75, 3.05) is 5.73 Å². The second-order valence-electron chi connectivity index (χ2n) is 4.46. The third kappa shape index (κ3) is 2.66. The number of hydrogen-bond acceptors (Lipinski definition) is 2. The number of nitrogens with zero attached hydrogens (tertiary/aromatic N) is 2. The standard InChI is InChI=1S/C15H10BrClFN3/c16-10-3-1-9(2-4-10)12-8-20-21(15(12)19)11-5-6-14(18)13(17)7-11/h1-8H,19H2. The fraction of sp³-hybridized carbons (Fsp3) is 0. The quantitative estimate of drug-likeness (QED) is 0.716. The maximum atomic E-state index is 13.2. The fourth-order valence-electron chi connectivity index (χ4n) is 2.03. The summed E-state index contributed by atoms with van der Waals surface area (Å²) in [6.45, 7) is 0. The van der Waals surface area contributed by atoms with Crippen molar-refractivity contribution in [1.82, 2.24) is 9.78 Å². The van der Waals surface area contributed by atoms with Crippen LogP contribution in [0, 0.1) is 5.82 Å². The summed E-state index contributed by atoms with van der Waals surface area (Å²) in [5.41, 5.74) is 8.52. The smallest absolute Gasteiger partial charge is 0.141 e. The summed E-state index contributed by atoms with van der Waals surface area (Å²) in [6.07, 6.45) is 1.68. The first-order valence-corrected chi connectivity index (χ1v) is 7.28. The van der Waals surface area contributed by atoms with Crippen LogP contribution in [0.15, 0.2) is 53.1 Å². The Hall–Kier alpha value is -1.85. The molecule has 1 aromatic heterocycles. The molecule has 0 bridgehead atoms. The van der Waals surface area contributed by atoms with E-state index in [0.717, 1.165) is 15.6 Å². The Labute approximate surface area is 134 Å². The van der Waals surface area contributed by atoms with Crippen LogP contribution in [0.1, 0.15) is 0 Å². The summed E-state index contributed by atoms with van der Waals surface area (Å²) < 4.78 is 15.7. The van der Waals surface area contributed by atoms with E-state index >= 15 is 0 Å². The average Bonchev–Trinajstić information content (AvgIpc) is 2.85. The summed E-state index contributed by atoms with van der Waals surface area (Å²) in [5, 5.41) is 4.29. The Morgan fingerprint density at radius 3 is 2.52 bits per heavy atom. The van der Waals surface area contributed by atoms with Crippen LogP contribution < -0.4 is 5.73 Å². The van der Waals surface area contributed by atoms with Crippen LogP contribution in [-0.2, 0) is 0 Å². The second kappa shape index (κ2) is 5.50. The Bertz CT molecular complexity index is 799. The van der Waals surface area contributed by atoms with E-state index in [9.17, 15) is 4.39 Å². The van der Waals surface area contributed by atoms with Gasteiger partial charge in [-0.05, 0) is 35.9 Å². The molecule has 0 aliphatic heterocycles. The van der Waals surface area contributed by atoms with Crippen molar-refractivity contribution in [3.8, 4) is 16.8 Å². The normalized spacial score (nSPS) is 10.8. The summed E-state index contributed by atoms with van der Waals surface area (Å²) in [4.78, 5) is 0. The van der Waals surface area contributed by atoms with Crippen LogP contribution >= 0.6 is 27.5 Å². The van der Waals surface area contributed by atoms with Gasteiger partial charge in [0.05, 0.1) is 16.9 Å². The van der Waals surface area contributed by atoms with Crippen LogP contribution in [-0.4, -0.2) is 9.78 Å². The van der Waals surface area contributed by atoms with Gasteiger partial charge in [-0.25, -0.2) is 9.07 Å². The van der Waals surface area contributed by atoms with Gasteiger partial charge in [0, 0.05) is 10.0 Å². The molecule has 0 saturated carbocycles. The first kappa shape index (κ1) is 14.1. The molecular formula is C15H10BrClFN3. The van der Waals surface area contributed by atoms with Gasteiger partial charge in [0.1, 0.15) is 11.6 Å². The van der Waals surface area contributed by atoms with E-state index in [1.54, 1.807) is 12.3 Å². The third-order valence-electron chi connectivity index (χ3n) is 3.11. The monoisotopic (exact) mass is 365 g/mol. The van der Waals surface area contributed by atoms with E-state index in [1.807, 2.05) is 24.3 Å². The van der Waals surface area contributed by atoms with Crippen molar-refractivity contribution in [1.29, 1.82) is 0 Å². The van der Waals surface area contributed by atoms with Gasteiger partial charge in [-0.3, -0.25) is 0 Å². The number of rotatable bonds is 2. The van der Waals surface area contributed by atoms with E-state index in [1.165, 1.54) is 16.8 Å². The van der Waals surface area contributed by atoms with Crippen molar-refractivity contribution in [3.05, 3.63) is 64.0 Å². The molecule has 0 atom stereocenters. The molecule has 0 aliphatic carbocycles. The number of hydrogen-bond donors (Lipinski definition) is 1. The zero-order chi connectivity index (χ0) is 15.0. The molecule has 3 aromatic rings. The van der Waals surface area contributed by atoms with Gasteiger partial charge in [0.15, 0.2) is 0 Å². The molecule has 0 fully saturated rings. The second-order valence-corrected chi connectivity index (χ2v) is 5.78. The number of aromatic nitrogens is 2. The van der Waals surface area contributed by atoms with Crippen LogP contribution in [0.3, 0.4) is 0 Å². The molecule has 21 heavy (non-hydrogen) atoms. The number of benzene rings is 2. The van der Waals surface area contributed by atoms with Crippen LogP contribution in [0.4, 0.5) is 10.2 Å². The highest BCUT2D eigenvalue weighted by Crippen LogP contribution is 2.29. The van der Waals surface area contributed by atoms with Crippen LogP contribution in [0.2, 0.25) is 5.02 Å². The predicted octanol–water partition coefficient (Wildman–Crippen LogP) is 4.68. The summed E-state index contributed by atoms with van der Waals surface area (Å²) in [7, 11) is 0. The lowest BCUT2D eigenvalue weighted by Gasteiger charge is -2.06. The molecule has 106 valence electrons. The summed E-state index contributed by atoms with van der Waals surface area (Å²) >= 11 is 9.19. The van der Waals surface area contributed by atoms with Gasteiger partial charge in [0.25, 0.3) is 0 Å². The molecule has 0 aliphatic rings. The number of halogens is 3. The first-order chi connectivity index (χ1) is 10.1. The van der Waals surface area contributed by atoms with Crippen LogP contribution in [0.25, 0.3) is 16.8 Å². The van der Waals surface area contributed by atoms with Gasteiger partial charge >= 0.3 is 0 Å². The maximum Gasteiger partial charge on any atom is 0.141 e. The zero-order valence-electron chi connectivity index (χ0n) is 10.7. The summed E-state index contributed by atoms with van der Waals surface area (Å²) in [5.74, 6) is -0.000672. The first-order valence-electron chi connectivity index (χ1n) is 6.11. The van der Waals surface area contributed by atoms with Gasteiger partial charge in [-0.15, -0.1) is 0 Å². The maximum absolute atomic E-state index is 13.2.